The molecule has 3 N–H and O–H groups in total. The summed E-state index contributed by atoms with van der Waals surface area (Å²) in [5.74, 6) is 0.870. The number of nitrogens with zero attached hydrogens (tertiary/aromatic N) is 7. The molecule has 4 aromatic carbocycles. The Hall–Kier alpha value is -7.62. The fraction of sp³-hybridized carbons (Fsp3) is 0. The number of carboxylic acid groups (broad SMARTS) is 1. The molecule has 11 nitrogen and oxygen atoms in total. The SMILES string of the molecule is N#C/C(=C\c1ccc(/C=C/c2ccc3c4nc5nc(nc6[nH]c(nc7nc(nc([nH]4)c3c2)-c2ccccc2-7)c2ccccc62)-c2ccccc2-5)s1)C(=O)O. The summed E-state index contributed by atoms with van der Waals surface area (Å²) in [7, 11) is 0. The molecule has 8 bridgehead atoms. The van der Waals surface area contributed by atoms with Crippen LogP contribution >= 0.6 is 11.3 Å². The Balaban J connectivity index is 1.22. The van der Waals surface area contributed by atoms with Crippen LogP contribution in [0.2, 0.25) is 0 Å². The predicted molar refractivity (Wildman–Crippen MR) is 211 cm³/mol. The van der Waals surface area contributed by atoms with E-state index in [1.54, 1.807) is 12.1 Å². The molecule has 2 aliphatic rings. The molecule has 8 aromatic rings. The van der Waals surface area contributed by atoms with Gasteiger partial charge in [0.15, 0.2) is 23.3 Å². The number of hydrogen-bond donors (Lipinski definition) is 3. The highest BCUT2D eigenvalue weighted by molar-refractivity contribution is 7.13. The van der Waals surface area contributed by atoms with Gasteiger partial charge >= 0.3 is 5.97 Å². The molecule has 0 atom stereocenters. The summed E-state index contributed by atoms with van der Waals surface area (Å²) in [6.45, 7) is 0. The Morgan fingerprint density at radius 3 is 1.54 bits per heavy atom. The van der Waals surface area contributed by atoms with Crippen molar-refractivity contribution in [2.45, 2.75) is 0 Å². The van der Waals surface area contributed by atoms with E-state index >= 15 is 0 Å². The fourth-order valence-corrected chi connectivity index (χ4v) is 7.62. The van der Waals surface area contributed by atoms with E-state index in [9.17, 15) is 9.90 Å². The molecular weight excluding hydrogens is 695 g/mol. The summed E-state index contributed by atoms with van der Waals surface area (Å²) >= 11 is 1.39. The van der Waals surface area contributed by atoms with Gasteiger partial charge in [0.25, 0.3) is 0 Å². The summed E-state index contributed by atoms with van der Waals surface area (Å²) in [6.07, 6.45) is 5.30. The maximum atomic E-state index is 11.3. The lowest BCUT2D eigenvalue weighted by atomic mass is 10.1. The average molecular weight is 718 g/mol. The summed E-state index contributed by atoms with van der Waals surface area (Å²) in [4.78, 5) is 50.1. The van der Waals surface area contributed by atoms with Gasteiger partial charge in [-0.15, -0.1) is 11.3 Å². The van der Waals surface area contributed by atoms with Crippen LogP contribution in [-0.4, -0.2) is 50.9 Å². The average Bonchev–Trinajstić information content (AvgIpc) is 4.01. The number of aliphatic carboxylic acids is 1. The number of nitriles is 1. The molecule has 0 spiro atoms. The van der Waals surface area contributed by atoms with Crippen LogP contribution in [0, 0.1) is 11.3 Å². The molecule has 4 aromatic heterocycles. The van der Waals surface area contributed by atoms with Crippen molar-refractivity contribution in [3.05, 3.63) is 124 Å². The van der Waals surface area contributed by atoms with Gasteiger partial charge in [-0.3, -0.25) is 0 Å². The normalized spacial score (nSPS) is 12.2. The van der Waals surface area contributed by atoms with Gasteiger partial charge in [0.1, 0.15) is 34.2 Å². The maximum Gasteiger partial charge on any atom is 0.346 e. The standard InChI is InChI=1S/C42H23N9O2S/c43-21-23(42(52)53)20-25-17-16-24(54-25)15-13-22-14-18-32-33(19-22)41-50-39-31-12-6-5-11-30(31)37(48-39)46-35-27-8-2-1-7-26(27)34(44-35)45-36-28-9-3-4-10-29(28)38(47-36)49-40(32)51-41/h1-20H,(H,52,53)(H2,44,45,46,47,48,49,50,51)/b15-13+,23-20+. The van der Waals surface area contributed by atoms with Crippen LogP contribution in [0.15, 0.2) is 109 Å². The third-order valence-electron chi connectivity index (χ3n) is 9.30. The monoisotopic (exact) mass is 717 g/mol. The Morgan fingerprint density at radius 2 is 1.04 bits per heavy atom. The minimum absolute atomic E-state index is 0.314. The first-order valence-electron chi connectivity index (χ1n) is 16.9. The minimum Gasteiger partial charge on any atom is -0.477 e. The molecule has 254 valence electrons. The first-order chi connectivity index (χ1) is 26.5. The highest BCUT2D eigenvalue weighted by atomic mass is 32.1. The number of nitrogens with one attached hydrogen (secondary N) is 2. The molecule has 54 heavy (non-hydrogen) atoms. The van der Waals surface area contributed by atoms with Gasteiger partial charge < -0.3 is 15.1 Å². The van der Waals surface area contributed by atoms with Crippen molar-refractivity contribution in [1.82, 2.24) is 39.9 Å². The van der Waals surface area contributed by atoms with E-state index in [4.69, 9.17) is 35.2 Å². The van der Waals surface area contributed by atoms with Crippen LogP contribution in [0.5, 0.6) is 0 Å². The Bertz CT molecular complexity index is 3180. The number of aromatic nitrogens is 8. The lowest BCUT2D eigenvalue weighted by Gasteiger charge is -1.97. The number of thiophene rings is 1. The molecule has 0 aliphatic carbocycles. The van der Waals surface area contributed by atoms with E-state index in [1.165, 1.54) is 17.4 Å². The fourth-order valence-electron chi connectivity index (χ4n) is 6.76. The lowest BCUT2D eigenvalue weighted by molar-refractivity contribution is -0.132. The van der Waals surface area contributed by atoms with Crippen molar-refractivity contribution in [2.24, 2.45) is 0 Å². The van der Waals surface area contributed by atoms with Crippen molar-refractivity contribution < 1.29 is 9.90 Å². The van der Waals surface area contributed by atoms with Crippen LogP contribution in [-0.2, 0) is 4.79 Å². The molecule has 0 unspecified atom stereocenters. The van der Waals surface area contributed by atoms with Gasteiger partial charge in [-0.25, -0.2) is 34.7 Å². The van der Waals surface area contributed by atoms with Crippen LogP contribution < -0.4 is 0 Å². The zero-order valence-corrected chi connectivity index (χ0v) is 28.8. The summed E-state index contributed by atoms with van der Waals surface area (Å²) in [5, 5.41) is 21.9. The molecule has 0 saturated heterocycles. The van der Waals surface area contributed by atoms with Gasteiger partial charge in [-0.2, -0.15) is 5.26 Å². The topological polar surface area (TPSA) is 170 Å². The molecular formula is C42H23N9O2S. The number of rotatable bonds is 4. The molecule has 2 aliphatic heterocycles. The Kier molecular flexibility index (Phi) is 7.07. The summed E-state index contributed by atoms with van der Waals surface area (Å²) in [6, 6.07) is 35.3. The number of carbonyl (C=O) groups is 1. The number of fused-ring (bicyclic) bond motifs is 20. The molecule has 0 radical (unpaired) electrons. The zero-order chi connectivity index (χ0) is 36.3. The van der Waals surface area contributed by atoms with Gasteiger partial charge in [0, 0.05) is 53.6 Å². The van der Waals surface area contributed by atoms with Gasteiger partial charge in [0.2, 0.25) is 0 Å². The first kappa shape index (κ1) is 31.1. The molecule has 10 rings (SSSR count). The third kappa shape index (κ3) is 5.23. The van der Waals surface area contributed by atoms with E-state index < -0.39 is 5.97 Å². The van der Waals surface area contributed by atoms with Crippen molar-refractivity contribution in [3.63, 3.8) is 0 Å². The quantitative estimate of drug-likeness (QED) is 0.119. The van der Waals surface area contributed by atoms with Gasteiger partial charge in [-0.1, -0.05) is 84.9 Å². The second-order valence-corrected chi connectivity index (χ2v) is 13.7. The molecule has 6 heterocycles. The van der Waals surface area contributed by atoms with E-state index in [2.05, 4.69) is 9.97 Å². The first-order valence-corrected chi connectivity index (χ1v) is 17.7. The van der Waals surface area contributed by atoms with Crippen molar-refractivity contribution >= 4 is 79.7 Å². The predicted octanol–water partition coefficient (Wildman–Crippen LogP) is 9.09. The number of carboxylic acids is 1. The Morgan fingerprint density at radius 1 is 0.574 bits per heavy atom. The summed E-state index contributed by atoms with van der Waals surface area (Å²) in [5.41, 5.74) is 6.51. The van der Waals surface area contributed by atoms with E-state index in [0.717, 1.165) is 54.2 Å². The van der Waals surface area contributed by atoms with Crippen LogP contribution in [0.3, 0.4) is 0 Å². The molecule has 0 fully saturated rings. The van der Waals surface area contributed by atoms with Crippen molar-refractivity contribution in [1.29, 1.82) is 5.26 Å². The minimum atomic E-state index is -1.25. The number of H-pyrrole nitrogens is 2. The second-order valence-electron chi connectivity index (χ2n) is 12.6. The largest absolute Gasteiger partial charge is 0.477 e. The highest BCUT2D eigenvalue weighted by Gasteiger charge is 2.22. The third-order valence-corrected chi connectivity index (χ3v) is 10.3. The highest BCUT2D eigenvalue weighted by Crippen LogP contribution is 2.37. The van der Waals surface area contributed by atoms with Gasteiger partial charge in [-0.05, 0) is 42.0 Å². The number of aromatic amines is 2. The van der Waals surface area contributed by atoms with Crippen molar-refractivity contribution in [2.75, 3.05) is 0 Å². The number of benzene rings is 4. The van der Waals surface area contributed by atoms with Crippen LogP contribution in [0.25, 0.3) is 108 Å². The molecule has 12 heteroatoms. The smallest absolute Gasteiger partial charge is 0.346 e. The zero-order valence-electron chi connectivity index (χ0n) is 27.9. The second kappa shape index (κ2) is 12.3. The molecule has 0 amide bonds. The summed E-state index contributed by atoms with van der Waals surface area (Å²) < 4.78 is 0. The maximum absolute atomic E-state index is 11.3. The molecule has 0 saturated carbocycles. The Labute approximate surface area is 309 Å². The van der Waals surface area contributed by atoms with Crippen molar-refractivity contribution in [3.8, 4) is 51.6 Å². The van der Waals surface area contributed by atoms with E-state index in [-0.39, 0.29) is 5.57 Å². The van der Waals surface area contributed by atoms with E-state index in [0.29, 0.717) is 50.8 Å². The van der Waals surface area contributed by atoms with E-state index in [1.807, 2.05) is 109 Å². The lowest BCUT2D eigenvalue weighted by Crippen LogP contribution is -1.96. The van der Waals surface area contributed by atoms with Gasteiger partial charge in [0.05, 0.1) is 0 Å². The van der Waals surface area contributed by atoms with Crippen LogP contribution in [0.1, 0.15) is 15.3 Å². The number of hydrogen-bond acceptors (Lipinski definition) is 9. The van der Waals surface area contributed by atoms with Crippen LogP contribution in [0.4, 0.5) is 0 Å².